The number of carbonyl (C=O) groups is 2. The summed E-state index contributed by atoms with van der Waals surface area (Å²) in [7, 11) is 1.39. The van der Waals surface area contributed by atoms with Gasteiger partial charge in [-0.15, -0.1) is 0 Å². The van der Waals surface area contributed by atoms with Crippen molar-refractivity contribution in [2.75, 3.05) is 13.7 Å². The molecule has 0 unspecified atom stereocenters. The molecule has 0 radical (unpaired) electrons. The predicted molar refractivity (Wildman–Crippen MR) is 121 cm³/mol. The highest BCUT2D eigenvalue weighted by molar-refractivity contribution is 6.00. The first kappa shape index (κ1) is 22.3. The first-order valence-electron chi connectivity index (χ1n) is 10.6. The zero-order valence-corrected chi connectivity index (χ0v) is 18.4. The lowest BCUT2D eigenvalue weighted by atomic mass is 10.0. The summed E-state index contributed by atoms with van der Waals surface area (Å²) in [5.74, 6) is -0.347. The molecule has 6 nitrogen and oxygen atoms in total. The lowest BCUT2D eigenvalue weighted by Crippen LogP contribution is -2.24. The predicted octanol–water partition coefficient (Wildman–Crippen LogP) is 4.62. The van der Waals surface area contributed by atoms with Crippen molar-refractivity contribution in [3.63, 3.8) is 0 Å². The number of carbonyl (C=O) groups excluding carboxylic acids is 2. The average Bonchev–Trinajstić information content (AvgIpc) is 3.21. The number of hydrogen-bond acceptors (Lipinski definition) is 4. The van der Waals surface area contributed by atoms with E-state index in [0.717, 1.165) is 36.1 Å². The van der Waals surface area contributed by atoms with Crippen molar-refractivity contribution in [1.82, 2.24) is 15.1 Å². The zero-order valence-electron chi connectivity index (χ0n) is 18.4. The van der Waals surface area contributed by atoms with Crippen LogP contribution in [0.1, 0.15) is 47.2 Å². The van der Waals surface area contributed by atoms with Gasteiger partial charge in [0.15, 0.2) is 0 Å². The second-order valence-corrected chi connectivity index (χ2v) is 7.63. The molecule has 1 aromatic heterocycles. The number of esters is 1. The Morgan fingerprint density at radius 2 is 1.81 bits per heavy atom. The Hall–Kier alpha value is -3.41. The van der Waals surface area contributed by atoms with Crippen LogP contribution in [0.25, 0.3) is 16.9 Å². The van der Waals surface area contributed by atoms with Crippen LogP contribution in [0.2, 0.25) is 0 Å². The van der Waals surface area contributed by atoms with E-state index in [2.05, 4.69) is 16.1 Å². The summed E-state index contributed by atoms with van der Waals surface area (Å²) in [6, 6.07) is 15.9. The molecule has 0 aliphatic rings. The number of unbranched alkanes of at least 4 members (excludes halogenated alkanes) is 2. The summed E-state index contributed by atoms with van der Waals surface area (Å²) in [6.45, 7) is 4.63. The van der Waals surface area contributed by atoms with Crippen LogP contribution in [0.4, 0.5) is 0 Å². The highest BCUT2D eigenvalue weighted by Gasteiger charge is 2.19. The first-order chi connectivity index (χ1) is 15.0. The summed E-state index contributed by atoms with van der Waals surface area (Å²) in [5, 5.41) is 7.75. The SMILES string of the molecule is COC(=O)CCCCCNC(=O)c1cn(-c2ccccc2)nc1-c1ccc(C)cc1C. The third-order valence-corrected chi connectivity index (χ3v) is 5.19. The molecule has 1 amide bonds. The molecule has 2 aromatic carbocycles. The van der Waals surface area contributed by atoms with Gasteiger partial charge in [-0.05, 0) is 44.4 Å². The van der Waals surface area contributed by atoms with Gasteiger partial charge in [0.05, 0.1) is 18.4 Å². The minimum absolute atomic E-state index is 0.148. The number of benzene rings is 2. The van der Waals surface area contributed by atoms with Crippen molar-refractivity contribution in [3.05, 3.63) is 71.4 Å². The van der Waals surface area contributed by atoms with Crippen LogP contribution in [0.5, 0.6) is 0 Å². The van der Waals surface area contributed by atoms with Gasteiger partial charge in [-0.3, -0.25) is 9.59 Å². The third-order valence-electron chi connectivity index (χ3n) is 5.19. The van der Waals surface area contributed by atoms with Crippen LogP contribution >= 0.6 is 0 Å². The molecule has 31 heavy (non-hydrogen) atoms. The van der Waals surface area contributed by atoms with Gasteiger partial charge in [0.25, 0.3) is 5.91 Å². The number of hydrogen-bond donors (Lipinski definition) is 1. The highest BCUT2D eigenvalue weighted by Crippen LogP contribution is 2.27. The molecule has 6 heteroatoms. The second kappa shape index (κ2) is 10.6. The smallest absolute Gasteiger partial charge is 0.305 e. The van der Waals surface area contributed by atoms with Crippen molar-refractivity contribution in [2.24, 2.45) is 0 Å². The van der Waals surface area contributed by atoms with E-state index >= 15 is 0 Å². The number of amides is 1. The number of ether oxygens (including phenoxy) is 1. The van der Waals surface area contributed by atoms with Gasteiger partial charge in [-0.25, -0.2) is 4.68 Å². The summed E-state index contributed by atoms with van der Waals surface area (Å²) in [5.41, 5.74) is 5.31. The molecule has 0 aliphatic heterocycles. The molecule has 0 fully saturated rings. The molecule has 0 aliphatic carbocycles. The highest BCUT2D eigenvalue weighted by atomic mass is 16.5. The average molecular weight is 420 g/mol. The van der Waals surface area contributed by atoms with Gasteiger partial charge in [0.2, 0.25) is 0 Å². The number of aryl methyl sites for hydroxylation is 2. The topological polar surface area (TPSA) is 73.2 Å². The Kier molecular flexibility index (Phi) is 7.60. The maximum Gasteiger partial charge on any atom is 0.305 e. The molecule has 0 atom stereocenters. The quantitative estimate of drug-likeness (QED) is 0.406. The number of nitrogens with one attached hydrogen (secondary N) is 1. The summed E-state index contributed by atoms with van der Waals surface area (Å²) in [6.07, 6.45) is 4.60. The van der Waals surface area contributed by atoms with E-state index in [9.17, 15) is 9.59 Å². The van der Waals surface area contributed by atoms with Crippen LogP contribution in [0.3, 0.4) is 0 Å². The van der Waals surface area contributed by atoms with E-state index in [1.807, 2.05) is 56.3 Å². The van der Waals surface area contributed by atoms with Crippen molar-refractivity contribution in [1.29, 1.82) is 0 Å². The fourth-order valence-electron chi connectivity index (χ4n) is 3.50. The zero-order chi connectivity index (χ0) is 22.2. The number of rotatable bonds is 9. The largest absolute Gasteiger partial charge is 0.469 e. The van der Waals surface area contributed by atoms with E-state index < -0.39 is 0 Å². The molecule has 1 N–H and O–H groups in total. The number of methoxy groups -OCH3 is 1. The number of nitrogens with zero attached hydrogens (tertiary/aromatic N) is 2. The third kappa shape index (κ3) is 5.81. The molecule has 0 saturated carbocycles. The first-order valence-corrected chi connectivity index (χ1v) is 10.6. The van der Waals surface area contributed by atoms with E-state index in [-0.39, 0.29) is 11.9 Å². The lowest BCUT2D eigenvalue weighted by molar-refractivity contribution is -0.140. The van der Waals surface area contributed by atoms with Crippen molar-refractivity contribution in [2.45, 2.75) is 39.5 Å². The lowest BCUT2D eigenvalue weighted by Gasteiger charge is -2.08. The molecular weight excluding hydrogens is 390 g/mol. The van der Waals surface area contributed by atoms with Crippen LogP contribution in [-0.4, -0.2) is 35.3 Å². The Balaban J connectivity index is 1.77. The van der Waals surface area contributed by atoms with Crippen LogP contribution in [0.15, 0.2) is 54.7 Å². The van der Waals surface area contributed by atoms with Crippen LogP contribution < -0.4 is 5.32 Å². The Bertz CT molecular complexity index is 1040. The maximum atomic E-state index is 13.0. The second-order valence-electron chi connectivity index (χ2n) is 7.63. The van der Waals surface area contributed by atoms with Gasteiger partial charge in [0.1, 0.15) is 5.69 Å². The minimum Gasteiger partial charge on any atom is -0.469 e. The van der Waals surface area contributed by atoms with E-state index in [1.165, 1.54) is 12.7 Å². The standard InChI is InChI=1S/C25H29N3O3/c1-18-13-14-21(19(2)16-18)24-22(17-28(27-24)20-10-6-4-7-11-20)25(30)26-15-9-5-8-12-23(29)31-3/h4,6-7,10-11,13-14,16-17H,5,8-9,12,15H2,1-3H3,(H,26,30). The van der Waals surface area contributed by atoms with Gasteiger partial charge >= 0.3 is 5.97 Å². The van der Waals surface area contributed by atoms with Gasteiger partial charge in [0, 0.05) is 24.7 Å². The fraction of sp³-hybridized carbons (Fsp3) is 0.320. The Morgan fingerprint density at radius 3 is 2.52 bits per heavy atom. The van der Waals surface area contributed by atoms with E-state index in [4.69, 9.17) is 5.10 Å². The molecule has 0 spiro atoms. The van der Waals surface area contributed by atoms with E-state index in [0.29, 0.717) is 24.2 Å². The molecule has 1 heterocycles. The minimum atomic E-state index is -0.199. The normalized spacial score (nSPS) is 10.7. The summed E-state index contributed by atoms with van der Waals surface area (Å²) in [4.78, 5) is 24.2. The molecule has 3 rings (SSSR count). The Morgan fingerprint density at radius 1 is 1.03 bits per heavy atom. The molecule has 3 aromatic rings. The van der Waals surface area contributed by atoms with E-state index in [1.54, 1.807) is 10.9 Å². The molecular formula is C25H29N3O3. The molecule has 0 saturated heterocycles. The van der Waals surface area contributed by atoms with Crippen LogP contribution in [-0.2, 0) is 9.53 Å². The monoisotopic (exact) mass is 419 g/mol. The summed E-state index contributed by atoms with van der Waals surface area (Å²) >= 11 is 0. The fourth-order valence-corrected chi connectivity index (χ4v) is 3.50. The van der Waals surface area contributed by atoms with Gasteiger partial charge < -0.3 is 10.1 Å². The number of aromatic nitrogens is 2. The maximum absolute atomic E-state index is 13.0. The molecule has 0 bridgehead atoms. The van der Waals surface area contributed by atoms with Gasteiger partial charge in [-0.2, -0.15) is 5.10 Å². The van der Waals surface area contributed by atoms with Crippen molar-refractivity contribution >= 4 is 11.9 Å². The van der Waals surface area contributed by atoms with Crippen molar-refractivity contribution < 1.29 is 14.3 Å². The Labute approximate surface area is 183 Å². The molecule has 162 valence electrons. The summed E-state index contributed by atoms with van der Waals surface area (Å²) < 4.78 is 6.40. The van der Waals surface area contributed by atoms with Crippen LogP contribution in [0, 0.1) is 13.8 Å². The van der Waals surface area contributed by atoms with Gasteiger partial charge in [-0.1, -0.05) is 48.4 Å². The van der Waals surface area contributed by atoms with Crippen molar-refractivity contribution in [3.8, 4) is 16.9 Å². The number of para-hydroxylation sites is 1.